The van der Waals surface area contributed by atoms with Crippen LogP contribution in [0.2, 0.25) is 0 Å². The highest BCUT2D eigenvalue weighted by Crippen LogP contribution is 2.38. The number of imidazole rings is 1. The second-order valence-electron chi connectivity index (χ2n) is 9.70. The van der Waals surface area contributed by atoms with Crippen LogP contribution in [0, 0.1) is 13.8 Å². The minimum atomic E-state index is -0.176. The Morgan fingerprint density at radius 1 is 0.875 bits per heavy atom. The molecule has 0 radical (unpaired) electrons. The van der Waals surface area contributed by atoms with Gasteiger partial charge in [-0.3, -0.25) is 4.79 Å². The SMILES string of the molecule is COc1cc(C(=O)NCCCCCc2nc3ccccc3n2CCOc2cccc(C)c2C)cc(OC)c1OC. The molecule has 0 aliphatic carbocycles. The Bertz CT molecular complexity index is 1420. The molecule has 1 N–H and O–H groups in total. The zero-order valence-electron chi connectivity index (χ0n) is 24.1. The number of rotatable bonds is 14. The molecule has 8 nitrogen and oxygen atoms in total. The van der Waals surface area contributed by atoms with Gasteiger partial charge in [-0.05, 0) is 68.1 Å². The smallest absolute Gasteiger partial charge is 0.251 e. The van der Waals surface area contributed by atoms with E-state index in [0.29, 0.717) is 36.0 Å². The molecule has 212 valence electrons. The quantitative estimate of drug-likeness (QED) is 0.199. The van der Waals surface area contributed by atoms with E-state index in [0.717, 1.165) is 54.8 Å². The lowest BCUT2D eigenvalue weighted by Crippen LogP contribution is -2.24. The lowest BCUT2D eigenvalue weighted by atomic mass is 10.1. The summed E-state index contributed by atoms with van der Waals surface area (Å²) in [5.41, 5.74) is 4.99. The third kappa shape index (κ3) is 6.68. The van der Waals surface area contributed by atoms with Gasteiger partial charge in [-0.1, -0.05) is 30.7 Å². The Morgan fingerprint density at radius 3 is 2.35 bits per heavy atom. The van der Waals surface area contributed by atoms with Crippen LogP contribution in [-0.2, 0) is 13.0 Å². The van der Waals surface area contributed by atoms with E-state index in [1.54, 1.807) is 12.1 Å². The van der Waals surface area contributed by atoms with Crippen LogP contribution in [0.3, 0.4) is 0 Å². The number of benzene rings is 3. The van der Waals surface area contributed by atoms with Crippen molar-refractivity contribution in [1.82, 2.24) is 14.9 Å². The maximum Gasteiger partial charge on any atom is 0.251 e. The zero-order chi connectivity index (χ0) is 28.5. The third-order valence-corrected chi connectivity index (χ3v) is 7.15. The number of para-hydroxylation sites is 2. The van der Waals surface area contributed by atoms with Crippen molar-refractivity contribution in [3.8, 4) is 23.0 Å². The van der Waals surface area contributed by atoms with Crippen LogP contribution in [0.15, 0.2) is 54.6 Å². The van der Waals surface area contributed by atoms with Crippen molar-refractivity contribution in [2.45, 2.75) is 46.1 Å². The van der Waals surface area contributed by atoms with Crippen molar-refractivity contribution in [1.29, 1.82) is 0 Å². The number of aromatic nitrogens is 2. The van der Waals surface area contributed by atoms with Crippen LogP contribution in [0.25, 0.3) is 11.0 Å². The Balaban J connectivity index is 1.29. The molecular formula is C32H39N3O5. The van der Waals surface area contributed by atoms with Gasteiger partial charge in [0.15, 0.2) is 11.5 Å². The molecule has 0 saturated carbocycles. The first-order valence-electron chi connectivity index (χ1n) is 13.7. The van der Waals surface area contributed by atoms with Gasteiger partial charge in [0.05, 0.1) is 38.9 Å². The van der Waals surface area contributed by atoms with Crippen LogP contribution < -0.4 is 24.3 Å². The predicted molar refractivity (Wildman–Crippen MR) is 157 cm³/mol. The summed E-state index contributed by atoms with van der Waals surface area (Å²) in [7, 11) is 4.60. The van der Waals surface area contributed by atoms with Crippen molar-refractivity contribution >= 4 is 16.9 Å². The molecular weight excluding hydrogens is 506 g/mol. The maximum absolute atomic E-state index is 12.7. The van der Waals surface area contributed by atoms with E-state index in [-0.39, 0.29) is 5.91 Å². The topological polar surface area (TPSA) is 83.8 Å². The summed E-state index contributed by atoms with van der Waals surface area (Å²) in [5, 5.41) is 2.99. The lowest BCUT2D eigenvalue weighted by Gasteiger charge is -2.14. The molecule has 8 heteroatoms. The molecule has 1 amide bonds. The number of carbonyl (C=O) groups excluding carboxylic acids is 1. The van der Waals surface area contributed by atoms with Crippen molar-refractivity contribution < 1.29 is 23.7 Å². The summed E-state index contributed by atoms with van der Waals surface area (Å²) in [6, 6.07) is 17.7. The first-order chi connectivity index (χ1) is 19.5. The van der Waals surface area contributed by atoms with Gasteiger partial charge in [0.1, 0.15) is 18.2 Å². The van der Waals surface area contributed by atoms with E-state index in [1.807, 2.05) is 24.3 Å². The van der Waals surface area contributed by atoms with Crippen molar-refractivity contribution in [3.63, 3.8) is 0 Å². The second-order valence-corrected chi connectivity index (χ2v) is 9.70. The van der Waals surface area contributed by atoms with E-state index in [4.69, 9.17) is 23.9 Å². The highest BCUT2D eigenvalue weighted by Gasteiger charge is 2.17. The Labute approximate surface area is 236 Å². The second kappa shape index (κ2) is 13.7. The first-order valence-corrected chi connectivity index (χ1v) is 13.7. The highest BCUT2D eigenvalue weighted by atomic mass is 16.5. The van der Waals surface area contributed by atoms with Gasteiger partial charge in [0, 0.05) is 18.5 Å². The number of carbonyl (C=O) groups is 1. The number of hydrogen-bond donors (Lipinski definition) is 1. The van der Waals surface area contributed by atoms with E-state index in [2.05, 4.69) is 41.9 Å². The lowest BCUT2D eigenvalue weighted by molar-refractivity contribution is 0.0952. The number of aryl methyl sites for hydroxylation is 2. The van der Waals surface area contributed by atoms with Crippen LogP contribution in [-0.4, -0.2) is 49.9 Å². The fourth-order valence-electron chi connectivity index (χ4n) is 4.79. The molecule has 0 fully saturated rings. The average Bonchev–Trinajstić information content (AvgIpc) is 3.33. The summed E-state index contributed by atoms with van der Waals surface area (Å²) < 4.78 is 24.5. The standard InChI is InChI=1S/C32H39N3O5/c1-22-12-11-15-27(23(22)2)40-19-18-35-26-14-9-8-13-25(26)34-30(35)16-7-6-10-17-33-32(36)24-20-28(37-3)31(39-5)29(21-24)38-4/h8-9,11-15,20-21H,6-7,10,16-19H2,1-5H3,(H,33,36). The summed E-state index contributed by atoms with van der Waals surface area (Å²) >= 11 is 0. The Morgan fingerprint density at radius 2 is 1.62 bits per heavy atom. The van der Waals surface area contributed by atoms with Gasteiger partial charge < -0.3 is 28.8 Å². The number of hydrogen-bond acceptors (Lipinski definition) is 6. The average molecular weight is 546 g/mol. The summed E-state index contributed by atoms with van der Waals surface area (Å²) in [6.45, 7) is 6.08. The van der Waals surface area contributed by atoms with E-state index in [1.165, 1.54) is 32.5 Å². The van der Waals surface area contributed by atoms with Gasteiger partial charge in [-0.15, -0.1) is 0 Å². The molecule has 0 unspecified atom stereocenters. The van der Waals surface area contributed by atoms with E-state index < -0.39 is 0 Å². The fourth-order valence-corrected chi connectivity index (χ4v) is 4.79. The van der Waals surface area contributed by atoms with Gasteiger partial charge in [-0.2, -0.15) is 0 Å². The molecule has 0 spiro atoms. The molecule has 4 rings (SSSR count). The highest BCUT2D eigenvalue weighted by molar-refractivity contribution is 5.95. The molecule has 0 atom stereocenters. The van der Waals surface area contributed by atoms with Crippen LogP contribution in [0.4, 0.5) is 0 Å². The zero-order valence-corrected chi connectivity index (χ0v) is 24.1. The van der Waals surface area contributed by atoms with Gasteiger partial charge in [-0.25, -0.2) is 4.98 Å². The molecule has 1 aromatic heterocycles. The molecule has 3 aromatic carbocycles. The van der Waals surface area contributed by atoms with E-state index >= 15 is 0 Å². The van der Waals surface area contributed by atoms with Crippen LogP contribution >= 0.6 is 0 Å². The van der Waals surface area contributed by atoms with Gasteiger partial charge in [0.25, 0.3) is 5.91 Å². The molecule has 0 bridgehead atoms. The summed E-state index contributed by atoms with van der Waals surface area (Å²) in [5.74, 6) is 3.18. The monoisotopic (exact) mass is 545 g/mol. The summed E-state index contributed by atoms with van der Waals surface area (Å²) in [6.07, 6.45) is 3.67. The minimum absolute atomic E-state index is 0.176. The number of methoxy groups -OCH3 is 3. The maximum atomic E-state index is 12.7. The number of nitrogens with one attached hydrogen (secondary N) is 1. The predicted octanol–water partition coefficient (Wildman–Crippen LogP) is 5.90. The number of ether oxygens (including phenoxy) is 4. The third-order valence-electron chi connectivity index (χ3n) is 7.15. The van der Waals surface area contributed by atoms with E-state index in [9.17, 15) is 4.79 Å². The first kappa shape index (κ1) is 28.8. The van der Waals surface area contributed by atoms with Crippen molar-refractivity contribution in [3.05, 3.63) is 77.1 Å². The normalized spacial score (nSPS) is 10.9. The van der Waals surface area contributed by atoms with Crippen LogP contribution in [0.5, 0.6) is 23.0 Å². The van der Waals surface area contributed by atoms with Crippen molar-refractivity contribution in [2.24, 2.45) is 0 Å². The van der Waals surface area contributed by atoms with Gasteiger partial charge >= 0.3 is 0 Å². The molecule has 0 saturated heterocycles. The largest absolute Gasteiger partial charge is 0.493 e. The summed E-state index contributed by atoms with van der Waals surface area (Å²) in [4.78, 5) is 17.6. The molecule has 40 heavy (non-hydrogen) atoms. The van der Waals surface area contributed by atoms with Crippen LogP contribution in [0.1, 0.15) is 46.6 Å². The number of amides is 1. The minimum Gasteiger partial charge on any atom is -0.493 e. The Kier molecular flexibility index (Phi) is 9.89. The number of unbranched alkanes of at least 4 members (excludes halogenated alkanes) is 2. The van der Waals surface area contributed by atoms with Crippen molar-refractivity contribution in [2.75, 3.05) is 34.5 Å². The number of nitrogens with zero attached hydrogens (tertiary/aromatic N) is 2. The van der Waals surface area contributed by atoms with Gasteiger partial charge in [0.2, 0.25) is 5.75 Å². The Hall–Kier alpha value is -4.20. The molecule has 0 aliphatic rings. The molecule has 4 aromatic rings. The molecule has 1 heterocycles. The number of fused-ring (bicyclic) bond motifs is 1. The molecule has 0 aliphatic heterocycles. The fraction of sp³-hybridized carbons (Fsp3) is 0.375.